The molecule has 0 spiro atoms. The Bertz CT molecular complexity index is 583. The van der Waals surface area contributed by atoms with E-state index in [2.05, 4.69) is 10.3 Å². The van der Waals surface area contributed by atoms with Crippen LogP contribution in [-0.4, -0.2) is 9.55 Å². The SMILES string of the molecule is CCn1cncc1CNc1cccc(F)c1C#N. The molecule has 0 radical (unpaired) electrons. The minimum Gasteiger partial charge on any atom is -0.378 e. The molecule has 0 aliphatic rings. The summed E-state index contributed by atoms with van der Waals surface area (Å²) in [5, 5.41) is 12.0. The molecule has 92 valence electrons. The van der Waals surface area contributed by atoms with Crippen molar-refractivity contribution in [3.8, 4) is 6.07 Å². The van der Waals surface area contributed by atoms with Gasteiger partial charge in [0, 0.05) is 12.7 Å². The molecule has 0 atom stereocenters. The van der Waals surface area contributed by atoms with Crippen LogP contribution in [0.5, 0.6) is 0 Å². The lowest BCUT2D eigenvalue weighted by atomic mass is 10.2. The number of aryl methyl sites for hydroxylation is 1. The Morgan fingerprint density at radius 3 is 3.06 bits per heavy atom. The minimum absolute atomic E-state index is 0.0417. The van der Waals surface area contributed by atoms with Crippen LogP contribution in [0.25, 0.3) is 0 Å². The predicted molar refractivity (Wildman–Crippen MR) is 66.3 cm³/mol. The lowest BCUT2D eigenvalue weighted by Gasteiger charge is -2.09. The van der Waals surface area contributed by atoms with Gasteiger partial charge in [0.1, 0.15) is 17.4 Å². The Morgan fingerprint density at radius 2 is 2.33 bits per heavy atom. The molecule has 0 unspecified atom stereocenters. The zero-order valence-electron chi connectivity index (χ0n) is 10.0. The molecular formula is C13H13FN4. The van der Waals surface area contributed by atoms with Crippen LogP contribution in [0.15, 0.2) is 30.7 Å². The van der Waals surface area contributed by atoms with Crippen molar-refractivity contribution < 1.29 is 4.39 Å². The molecule has 0 saturated heterocycles. The molecule has 5 heteroatoms. The number of benzene rings is 1. The molecule has 2 aromatic rings. The van der Waals surface area contributed by atoms with Gasteiger partial charge in [0.05, 0.1) is 24.3 Å². The fraction of sp³-hybridized carbons (Fsp3) is 0.231. The van der Waals surface area contributed by atoms with Gasteiger partial charge in [-0.2, -0.15) is 5.26 Å². The fourth-order valence-electron chi connectivity index (χ4n) is 1.75. The maximum Gasteiger partial charge on any atom is 0.143 e. The third-order valence-electron chi connectivity index (χ3n) is 2.72. The van der Waals surface area contributed by atoms with Gasteiger partial charge in [0.2, 0.25) is 0 Å². The van der Waals surface area contributed by atoms with Gasteiger partial charge in [0.15, 0.2) is 0 Å². The number of hydrogen-bond donors (Lipinski definition) is 1. The van der Waals surface area contributed by atoms with Gasteiger partial charge in [-0.1, -0.05) is 6.07 Å². The normalized spacial score (nSPS) is 10.1. The summed E-state index contributed by atoms with van der Waals surface area (Å²) in [5.74, 6) is -0.508. The molecule has 1 N–H and O–H groups in total. The van der Waals surface area contributed by atoms with Gasteiger partial charge in [-0.05, 0) is 19.1 Å². The highest BCUT2D eigenvalue weighted by Gasteiger charge is 2.08. The highest BCUT2D eigenvalue weighted by Crippen LogP contribution is 2.18. The van der Waals surface area contributed by atoms with Crippen molar-refractivity contribution in [3.05, 3.63) is 47.8 Å². The molecule has 4 nitrogen and oxygen atoms in total. The predicted octanol–water partition coefficient (Wildman–Crippen LogP) is 2.53. The van der Waals surface area contributed by atoms with E-state index >= 15 is 0 Å². The number of nitrogens with one attached hydrogen (secondary N) is 1. The summed E-state index contributed by atoms with van der Waals surface area (Å²) in [7, 11) is 0. The number of rotatable bonds is 4. The first kappa shape index (κ1) is 12.1. The molecule has 1 aromatic heterocycles. The molecule has 18 heavy (non-hydrogen) atoms. The maximum absolute atomic E-state index is 13.4. The van der Waals surface area contributed by atoms with Crippen LogP contribution in [0.3, 0.4) is 0 Å². The summed E-state index contributed by atoms with van der Waals surface area (Å²) in [4.78, 5) is 4.05. The second kappa shape index (κ2) is 5.32. The second-order valence-corrected chi connectivity index (χ2v) is 3.80. The zero-order valence-corrected chi connectivity index (χ0v) is 10.0. The summed E-state index contributed by atoms with van der Waals surface area (Å²) < 4.78 is 15.4. The van der Waals surface area contributed by atoms with Crippen LogP contribution >= 0.6 is 0 Å². The minimum atomic E-state index is -0.508. The van der Waals surface area contributed by atoms with Gasteiger partial charge in [0.25, 0.3) is 0 Å². The smallest absolute Gasteiger partial charge is 0.143 e. The zero-order chi connectivity index (χ0) is 13.0. The first-order valence-corrected chi connectivity index (χ1v) is 5.67. The molecular weight excluding hydrogens is 231 g/mol. The average Bonchev–Trinajstić information content (AvgIpc) is 2.83. The molecule has 0 fully saturated rings. The molecule has 1 aromatic carbocycles. The summed E-state index contributed by atoms with van der Waals surface area (Å²) in [6.45, 7) is 3.35. The molecule has 0 bridgehead atoms. The van der Waals surface area contributed by atoms with Crippen molar-refractivity contribution in [1.82, 2.24) is 9.55 Å². The first-order chi connectivity index (χ1) is 8.76. The fourth-order valence-corrected chi connectivity index (χ4v) is 1.75. The van der Waals surface area contributed by atoms with Gasteiger partial charge < -0.3 is 9.88 Å². The Balaban J connectivity index is 2.16. The summed E-state index contributed by atoms with van der Waals surface area (Å²) in [6.07, 6.45) is 3.50. The Hall–Kier alpha value is -2.35. The molecule has 0 saturated carbocycles. The summed E-state index contributed by atoms with van der Waals surface area (Å²) >= 11 is 0. The summed E-state index contributed by atoms with van der Waals surface area (Å²) in [5.41, 5.74) is 1.53. The van der Waals surface area contributed by atoms with E-state index in [1.165, 1.54) is 6.07 Å². The third kappa shape index (κ3) is 2.33. The Kier molecular flexibility index (Phi) is 3.58. The van der Waals surface area contributed by atoms with Crippen LogP contribution in [0.4, 0.5) is 10.1 Å². The summed E-state index contributed by atoms with van der Waals surface area (Å²) in [6, 6.07) is 6.41. The van der Waals surface area contributed by atoms with E-state index in [-0.39, 0.29) is 5.56 Å². The third-order valence-corrected chi connectivity index (χ3v) is 2.72. The number of imidazole rings is 1. The van der Waals surface area contributed by atoms with Crippen molar-refractivity contribution in [2.75, 3.05) is 5.32 Å². The van der Waals surface area contributed by atoms with E-state index in [0.29, 0.717) is 12.2 Å². The topological polar surface area (TPSA) is 53.6 Å². The van der Waals surface area contributed by atoms with E-state index in [4.69, 9.17) is 5.26 Å². The Labute approximate surface area is 105 Å². The standard InChI is InChI=1S/C13H13FN4/c1-2-18-9-16-7-10(18)8-17-13-5-3-4-12(14)11(13)6-15/h3-5,7,9,17H,2,8H2,1H3. The van der Waals surface area contributed by atoms with Crippen molar-refractivity contribution in [2.24, 2.45) is 0 Å². The van der Waals surface area contributed by atoms with Gasteiger partial charge >= 0.3 is 0 Å². The second-order valence-electron chi connectivity index (χ2n) is 3.80. The van der Waals surface area contributed by atoms with Gasteiger partial charge in [-0.3, -0.25) is 0 Å². The number of aromatic nitrogens is 2. The van der Waals surface area contributed by atoms with Crippen molar-refractivity contribution in [3.63, 3.8) is 0 Å². The molecule has 0 amide bonds. The lowest BCUT2D eigenvalue weighted by molar-refractivity contribution is 0.624. The molecule has 0 aliphatic heterocycles. The van der Waals surface area contributed by atoms with Gasteiger partial charge in [-0.15, -0.1) is 0 Å². The monoisotopic (exact) mass is 244 g/mol. The van der Waals surface area contributed by atoms with Crippen molar-refractivity contribution in [1.29, 1.82) is 5.26 Å². The van der Waals surface area contributed by atoms with Crippen LogP contribution < -0.4 is 5.32 Å². The van der Waals surface area contributed by atoms with Crippen LogP contribution in [0.2, 0.25) is 0 Å². The van der Waals surface area contributed by atoms with Gasteiger partial charge in [-0.25, -0.2) is 9.37 Å². The lowest BCUT2D eigenvalue weighted by Crippen LogP contribution is -2.07. The first-order valence-electron chi connectivity index (χ1n) is 5.67. The van der Waals surface area contributed by atoms with E-state index in [1.807, 2.05) is 17.6 Å². The van der Waals surface area contributed by atoms with Crippen molar-refractivity contribution in [2.45, 2.75) is 20.0 Å². The number of nitrogens with zero attached hydrogens (tertiary/aromatic N) is 3. The quantitative estimate of drug-likeness (QED) is 0.899. The number of nitriles is 1. The van der Waals surface area contributed by atoms with E-state index in [0.717, 1.165) is 12.2 Å². The van der Waals surface area contributed by atoms with Crippen molar-refractivity contribution >= 4 is 5.69 Å². The maximum atomic E-state index is 13.4. The van der Waals surface area contributed by atoms with Crippen LogP contribution in [0.1, 0.15) is 18.2 Å². The van der Waals surface area contributed by atoms with E-state index in [9.17, 15) is 4.39 Å². The molecule has 1 heterocycles. The Morgan fingerprint density at radius 1 is 1.50 bits per heavy atom. The van der Waals surface area contributed by atoms with Crippen LogP contribution in [0, 0.1) is 17.1 Å². The average molecular weight is 244 g/mol. The van der Waals surface area contributed by atoms with E-state index < -0.39 is 5.82 Å². The number of anilines is 1. The van der Waals surface area contributed by atoms with E-state index in [1.54, 1.807) is 24.7 Å². The number of hydrogen-bond acceptors (Lipinski definition) is 3. The largest absolute Gasteiger partial charge is 0.378 e. The molecule has 2 rings (SSSR count). The highest BCUT2D eigenvalue weighted by atomic mass is 19.1. The number of halogens is 1. The molecule has 0 aliphatic carbocycles. The highest BCUT2D eigenvalue weighted by molar-refractivity contribution is 5.57. The van der Waals surface area contributed by atoms with Crippen LogP contribution in [-0.2, 0) is 13.1 Å².